The number of thiazole rings is 1. The van der Waals surface area contributed by atoms with Gasteiger partial charge in [0, 0.05) is 22.7 Å². The van der Waals surface area contributed by atoms with E-state index in [1.807, 2.05) is 54.1 Å². The number of hydrogen-bond donors (Lipinski definition) is 1. The fourth-order valence-electron chi connectivity index (χ4n) is 3.29. The molecule has 7 nitrogen and oxygen atoms in total. The van der Waals surface area contributed by atoms with Crippen molar-refractivity contribution in [3.8, 4) is 27.8 Å². The highest BCUT2D eigenvalue weighted by Gasteiger charge is 2.20. The van der Waals surface area contributed by atoms with Crippen molar-refractivity contribution in [1.29, 1.82) is 0 Å². The van der Waals surface area contributed by atoms with Gasteiger partial charge in [-0.15, -0.1) is 11.3 Å². The van der Waals surface area contributed by atoms with Gasteiger partial charge in [-0.2, -0.15) is 0 Å². The Morgan fingerprint density at radius 3 is 2.72 bits per heavy atom. The average Bonchev–Trinajstić information content (AvgIpc) is 3.42. The average molecular weight is 408 g/mol. The van der Waals surface area contributed by atoms with Crippen LogP contribution in [0.3, 0.4) is 0 Å². The number of methoxy groups -OCH3 is 1. The van der Waals surface area contributed by atoms with Crippen molar-refractivity contribution in [2.24, 2.45) is 5.73 Å². The highest BCUT2D eigenvalue weighted by Crippen LogP contribution is 2.32. The zero-order valence-corrected chi connectivity index (χ0v) is 17.1. The first-order chi connectivity index (χ1) is 14.0. The summed E-state index contributed by atoms with van der Waals surface area (Å²) in [5.74, 6) is 1.04. The van der Waals surface area contributed by atoms with E-state index in [1.165, 1.54) is 11.3 Å². The monoisotopic (exact) mass is 408 g/mol. The van der Waals surface area contributed by atoms with Crippen LogP contribution in [0.15, 0.2) is 46.3 Å². The molecule has 1 amide bonds. The SMILES string of the molecule is COc1ccccc1Cn1c(-c2csc(-c3cc(C)on3)n2)cc(C(N)=O)c1C. The third kappa shape index (κ3) is 3.54. The summed E-state index contributed by atoms with van der Waals surface area (Å²) in [7, 11) is 1.64. The minimum atomic E-state index is -0.467. The molecule has 0 atom stereocenters. The molecule has 3 aromatic heterocycles. The number of hydrogen-bond acceptors (Lipinski definition) is 6. The maximum atomic E-state index is 12.0. The lowest BCUT2D eigenvalue weighted by molar-refractivity contribution is 0.0999. The van der Waals surface area contributed by atoms with E-state index >= 15 is 0 Å². The molecule has 0 saturated heterocycles. The first-order valence-corrected chi connectivity index (χ1v) is 9.87. The van der Waals surface area contributed by atoms with E-state index in [0.717, 1.165) is 39.2 Å². The van der Waals surface area contributed by atoms with Gasteiger partial charge < -0.3 is 19.6 Å². The van der Waals surface area contributed by atoms with Gasteiger partial charge in [0.15, 0.2) is 0 Å². The molecule has 4 aromatic rings. The Morgan fingerprint density at radius 1 is 1.24 bits per heavy atom. The predicted octanol–water partition coefficient (Wildman–Crippen LogP) is 4.04. The number of carbonyl (C=O) groups is 1. The van der Waals surface area contributed by atoms with Crippen LogP contribution in [-0.4, -0.2) is 27.7 Å². The number of amides is 1. The molecule has 1 aromatic carbocycles. The number of aryl methyl sites for hydroxylation is 1. The lowest BCUT2D eigenvalue weighted by Gasteiger charge is -2.13. The molecule has 0 aliphatic heterocycles. The number of rotatable bonds is 6. The van der Waals surface area contributed by atoms with Gasteiger partial charge in [0.25, 0.3) is 5.91 Å². The summed E-state index contributed by atoms with van der Waals surface area (Å²) in [6, 6.07) is 11.4. The van der Waals surface area contributed by atoms with E-state index in [9.17, 15) is 4.79 Å². The molecular weight excluding hydrogens is 388 g/mol. The zero-order valence-electron chi connectivity index (χ0n) is 16.3. The molecule has 0 aliphatic carbocycles. The van der Waals surface area contributed by atoms with Crippen molar-refractivity contribution in [1.82, 2.24) is 14.7 Å². The number of ether oxygens (including phenoxy) is 1. The molecule has 0 bridgehead atoms. The first-order valence-electron chi connectivity index (χ1n) is 8.99. The summed E-state index contributed by atoms with van der Waals surface area (Å²) in [5, 5.41) is 6.72. The van der Waals surface area contributed by atoms with E-state index in [1.54, 1.807) is 13.2 Å². The summed E-state index contributed by atoms with van der Waals surface area (Å²) in [5.41, 5.74) is 10.1. The Labute approximate surface area is 171 Å². The van der Waals surface area contributed by atoms with Crippen LogP contribution < -0.4 is 10.5 Å². The molecule has 2 N–H and O–H groups in total. The van der Waals surface area contributed by atoms with Crippen LogP contribution in [0, 0.1) is 13.8 Å². The zero-order chi connectivity index (χ0) is 20.5. The maximum absolute atomic E-state index is 12.0. The molecule has 0 aliphatic rings. The second-order valence-corrected chi connectivity index (χ2v) is 7.51. The fraction of sp³-hybridized carbons (Fsp3) is 0.190. The third-order valence-corrected chi connectivity index (χ3v) is 5.63. The number of carbonyl (C=O) groups excluding carboxylic acids is 1. The van der Waals surface area contributed by atoms with E-state index in [4.69, 9.17) is 20.0 Å². The van der Waals surface area contributed by atoms with Crippen LogP contribution in [0.25, 0.3) is 22.1 Å². The molecule has 0 spiro atoms. The molecule has 0 fully saturated rings. The summed E-state index contributed by atoms with van der Waals surface area (Å²) in [6.45, 7) is 4.24. The topological polar surface area (TPSA) is 96.2 Å². The number of nitrogens with two attached hydrogens (primary N) is 1. The molecule has 4 rings (SSSR count). The molecule has 29 heavy (non-hydrogen) atoms. The molecule has 0 radical (unpaired) electrons. The molecule has 0 saturated carbocycles. The predicted molar refractivity (Wildman–Crippen MR) is 111 cm³/mol. The fourth-order valence-corrected chi connectivity index (χ4v) is 4.06. The third-order valence-electron chi connectivity index (χ3n) is 4.77. The Morgan fingerprint density at radius 2 is 2.03 bits per heavy atom. The molecule has 8 heteroatoms. The molecular formula is C21H20N4O3S. The summed E-state index contributed by atoms with van der Waals surface area (Å²) in [4.78, 5) is 16.7. The van der Waals surface area contributed by atoms with Crippen LogP contribution in [0.5, 0.6) is 5.75 Å². The normalized spacial score (nSPS) is 11.0. The van der Waals surface area contributed by atoms with Crippen molar-refractivity contribution in [2.75, 3.05) is 7.11 Å². The highest BCUT2D eigenvalue weighted by atomic mass is 32.1. The standard InChI is InChI=1S/C21H20N4O3S/c1-12-8-16(24-28-12)21-23-17(11-29-21)18-9-15(20(22)26)13(2)25(18)10-14-6-4-5-7-19(14)27-3/h4-9,11H,10H2,1-3H3,(H2,22,26). The maximum Gasteiger partial charge on any atom is 0.250 e. The Hall–Kier alpha value is -3.39. The van der Waals surface area contributed by atoms with Gasteiger partial charge in [-0.25, -0.2) is 4.98 Å². The van der Waals surface area contributed by atoms with E-state index in [-0.39, 0.29) is 0 Å². The smallest absolute Gasteiger partial charge is 0.250 e. The Kier molecular flexibility index (Phi) is 4.94. The number of aromatic nitrogens is 3. The van der Waals surface area contributed by atoms with Crippen LogP contribution in [0.1, 0.15) is 27.4 Å². The van der Waals surface area contributed by atoms with Crippen molar-refractivity contribution >= 4 is 17.2 Å². The Balaban J connectivity index is 1.80. The van der Waals surface area contributed by atoms with Crippen LogP contribution in [-0.2, 0) is 6.54 Å². The second kappa shape index (κ2) is 7.56. The highest BCUT2D eigenvalue weighted by molar-refractivity contribution is 7.13. The van der Waals surface area contributed by atoms with E-state index in [2.05, 4.69) is 5.16 Å². The minimum absolute atomic E-state index is 0.467. The van der Waals surface area contributed by atoms with Crippen molar-refractivity contribution in [2.45, 2.75) is 20.4 Å². The van der Waals surface area contributed by atoms with Crippen molar-refractivity contribution in [3.05, 3.63) is 64.4 Å². The quantitative estimate of drug-likeness (QED) is 0.519. The summed E-state index contributed by atoms with van der Waals surface area (Å²) >= 11 is 1.47. The molecule has 148 valence electrons. The minimum Gasteiger partial charge on any atom is -0.496 e. The van der Waals surface area contributed by atoms with Gasteiger partial charge in [0.05, 0.1) is 30.6 Å². The van der Waals surface area contributed by atoms with Crippen molar-refractivity contribution in [3.63, 3.8) is 0 Å². The van der Waals surface area contributed by atoms with E-state index in [0.29, 0.717) is 17.8 Å². The summed E-state index contributed by atoms with van der Waals surface area (Å²) in [6.07, 6.45) is 0. The van der Waals surface area contributed by atoms with E-state index < -0.39 is 5.91 Å². The van der Waals surface area contributed by atoms with Gasteiger partial charge in [-0.1, -0.05) is 23.4 Å². The van der Waals surface area contributed by atoms with Crippen LogP contribution in [0.4, 0.5) is 0 Å². The van der Waals surface area contributed by atoms with Gasteiger partial charge >= 0.3 is 0 Å². The van der Waals surface area contributed by atoms with Crippen LogP contribution in [0.2, 0.25) is 0 Å². The lowest BCUT2D eigenvalue weighted by Crippen LogP contribution is -2.13. The van der Waals surface area contributed by atoms with Gasteiger partial charge in [0.2, 0.25) is 0 Å². The molecule has 3 heterocycles. The number of nitrogens with zero attached hydrogens (tertiary/aromatic N) is 3. The number of benzene rings is 1. The summed E-state index contributed by atoms with van der Waals surface area (Å²) < 4.78 is 12.7. The largest absolute Gasteiger partial charge is 0.496 e. The Bertz CT molecular complexity index is 1190. The van der Waals surface area contributed by atoms with Gasteiger partial charge in [-0.3, -0.25) is 4.79 Å². The lowest BCUT2D eigenvalue weighted by atomic mass is 10.2. The number of primary amides is 1. The number of para-hydroxylation sites is 1. The van der Waals surface area contributed by atoms with Crippen molar-refractivity contribution < 1.29 is 14.1 Å². The van der Waals surface area contributed by atoms with Gasteiger partial charge in [0.1, 0.15) is 22.2 Å². The second-order valence-electron chi connectivity index (χ2n) is 6.65. The van der Waals surface area contributed by atoms with Gasteiger partial charge in [-0.05, 0) is 26.0 Å². The van der Waals surface area contributed by atoms with Crippen LogP contribution >= 0.6 is 11.3 Å². The first kappa shape index (κ1) is 18.9. The molecule has 0 unspecified atom stereocenters.